The van der Waals surface area contributed by atoms with Crippen molar-refractivity contribution in [2.24, 2.45) is 11.8 Å². The van der Waals surface area contributed by atoms with E-state index in [1.165, 1.54) is 89.9 Å². The first-order chi connectivity index (χ1) is 9.45. The summed E-state index contributed by atoms with van der Waals surface area (Å²) in [5.41, 5.74) is 0. The topological polar surface area (TPSA) is 9.23 Å². The minimum atomic E-state index is 0.869. The third kappa shape index (κ3) is 6.79. The molecule has 0 N–H and O–H groups in total. The fourth-order valence-electron chi connectivity index (χ4n) is 3.82. The van der Waals surface area contributed by atoms with E-state index in [9.17, 15) is 0 Å². The molecule has 19 heavy (non-hydrogen) atoms. The third-order valence-electron chi connectivity index (χ3n) is 5.16. The van der Waals surface area contributed by atoms with Gasteiger partial charge in [-0.25, -0.2) is 0 Å². The van der Waals surface area contributed by atoms with Crippen LogP contribution < -0.4 is 0 Å². The van der Waals surface area contributed by atoms with Crippen molar-refractivity contribution < 1.29 is 4.74 Å². The maximum absolute atomic E-state index is 6.11. The van der Waals surface area contributed by atoms with Gasteiger partial charge in [0.15, 0.2) is 0 Å². The highest BCUT2D eigenvalue weighted by atomic mass is 16.5. The van der Waals surface area contributed by atoms with Gasteiger partial charge in [0.1, 0.15) is 0 Å². The number of ether oxygens (including phenoxy) is 1. The summed E-state index contributed by atoms with van der Waals surface area (Å²) < 4.78 is 6.11. The van der Waals surface area contributed by atoms with Crippen molar-refractivity contribution in [1.29, 1.82) is 0 Å². The molecule has 0 aliphatic heterocycles. The third-order valence-corrected chi connectivity index (χ3v) is 5.16. The van der Waals surface area contributed by atoms with Crippen molar-refractivity contribution in [3.05, 3.63) is 0 Å². The van der Waals surface area contributed by atoms with Crippen LogP contribution in [0.2, 0.25) is 0 Å². The van der Waals surface area contributed by atoms with Gasteiger partial charge in [-0.3, -0.25) is 0 Å². The largest absolute Gasteiger partial charge is 0.381 e. The molecule has 0 aromatic heterocycles. The quantitative estimate of drug-likeness (QED) is 0.632. The molecular formula is C18H34O. The summed E-state index contributed by atoms with van der Waals surface area (Å²) in [6.07, 6.45) is 20.2. The van der Waals surface area contributed by atoms with Gasteiger partial charge in [-0.2, -0.15) is 0 Å². The van der Waals surface area contributed by atoms with E-state index in [4.69, 9.17) is 4.74 Å². The van der Waals surface area contributed by atoms with Gasteiger partial charge in [-0.15, -0.1) is 0 Å². The zero-order valence-electron chi connectivity index (χ0n) is 12.9. The summed E-state index contributed by atoms with van der Waals surface area (Å²) in [6.45, 7) is 2.10. The van der Waals surface area contributed by atoms with Gasteiger partial charge in [-0.05, 0) is 37.5 Å². The van der Waals surface area contributed by atoms with Gasteiger partial charge in [-0.1, -0.05) is 64.2 Å². The molecule has 0 spiro atoms. The van der Waals surface area contributed by atoms with E-state index in [1.54, 1.807) is 0 Å². The van der Waals surface area contributed by atoms with Crippen LogP contribution in [-0.4, -0.2) is 13.2 Å². The second-order valence-electron chi connectivity index (χ2n) is 6.96. The van der Waals surface area contributed by atoms with Crippen LogP contribution in [0.25, 0.3) is 0 Å². The van der Waals surface area contributed by atoms with E-state index in [2.05, 4.69) is 0 Å². The molecule has 0 radical (unpaired) electrons. The average molecular weight is 266 g/mol. The highest BCUT2D eigenvalue weighted by Crippen LogP contribution is 2.25. The average Bonchev–Trinajstić information content (AvgIpc) is 2.33. The van der Waals surface area contributed by atoms with Crippen molar-refractivity contribution >= 4 is 0 Å². The van der Waals surface area contributed by atoms with Gasteiger partial charge < -0.3 is 4.74 Å². The van der Waals surface area contributed by atoms with Crippen LogP contribution in [0.4, 0.5) is 0 Å². The Balaban J connectivity index is 1.58. The predicted octanol–water partition coefficient (Wildman–Crippen LogP) is 5.72. The molecule has 0 unspecified atom stereocenters. The van der Waals surface area contributed by atoms with Gasteiger partial charge in [0, 0.05) is 13.2 Å². The molecule has 2 fully saturated rings. The lowest BCUT2D eigenvalue weighted by Gasteiger charge is -2.23. The zero-order chi connectivity index (χ0) is 13.2. The van der Waals surface area contributed by atoms with Crippen LogP contribution in [0.1, 0.15) is 89.9 Å². The first-order valence-corrected chi connectivity index (χ1v) is 9.03. The van der Waals surface area contributed by atoms with Gasteiger partial charge >= 0.3 is 0 Å². The molecular weight excluding hydrogens is 232 g/mol. The molecule has 1 heteroatoms. The molecule has 0 saturated heterocycles. The minimum absolute atomic E-state index is 0.869. The van der Waals surface area contributed by atoms with Crippen molar-refractivity contribution in [3.63, 3.8) is 0 Å². The highest BCUT2D eigenvalue weighted by Gasteiger charge is 2.14. The van der Waals surface area contributed by atoms with E-state index < -0.39 is 0 Å². The lowest BCUT2D eigenvalue weighted by atomic mass is 9.91. The number of hydrogen-bond acceptors (Lipinski definition) is 1. The Bertz CT molecular complexity index is 176. The van der Waals surface area contributed by atoms with Crippen LogP contribution in [0, 0.1) is 11.8 Å². The highest BCUT2D eigenvalue weighted by molar-refractivity contribution is 4.66. The van der Waals surface area contributed by atoms with Crippen LogP contribution in [0.15, 0.2) is 0 Å². The van der Waals surface area contributed by atoms with E-state index >= 15 is 0 Å². The zero-order valence-corrected chi connectivity index (χ0v) is 12.9. The molecule has 0 aromatic rings. The number of hydrogen-bond donors (Lipinski definition) is 0. The molecule has 112 valence electrons. The fraction of sp³-hybridized carbons (Fsp3) is 1.00. The first-order valence-electron chi connectivity index (χ1n) is 9.03. The Morgan fingerprint density at radius 2 is 0.789 bits per heavy atom. The SMILES string of the molecule is C1CCCC(COCC2CCCCCCC2)CCC1. The van der Waals surface area contributed by atoms with E-state index in [0.717, 1.165) is 25.0 Å². The van der Waals surface area contributed by atoms with Crippen molar-refractivity contribution in [2.45, 2.75) is 89.9 Å². The van der Waals surface area contributed by atoms with E-state index in [0.29, 0.717) is 0 Å². The van der Waals surface area contributed by atoms with Gasteiger partial charge in [0.2, 0.25) is 0 Å². The Labute approximate surface area is 120 Å². The Morgan fingerprint density at radius 3 is 1.16 bits per heavy atom. The summed E-state index contributed by atoms with van der Waals surface area (Å²) in [5, 5.41) is 0. The monoisotopic (exact) mass is 266 g/mol. The molecule has 0 bridgehead atoms. The Kier molecular flexibility index (Phi) is 7.92. The molecule has 0 amide bonds. The summed E-state index contributed by atoms with van der Waals surface area (Å²) >= 11 is 0. The van der Waals surface area contributed by atoms with E-state index in [1.807, 2.05) is 0 Å². The van der Waals surface area contributed by atoms with Crippen LogP contribution in [-0.2, 0) is 4.74 Å². The predicted molar refractivity (Wildman–Crippen MR) is 82.4 cm³/mol. The van der Waals surface area contributed by atoms with Crippen LogP contribution >= 0.6 is 0 Å². The van der Waals surface area contributed by atoms with Crippen molar-refractivity contribution in [1.82, 2.24) is 0 Å². The minimum Gasteiger partial charge on any atom is -0.381 e. The van der Waals surface area contributed by atoms with Gasteiger partial charge in [0.05, 0.1) is 0 Å². The standard InChI is InChI=1S/C18H34O/c1-3-7-11-17(12-8-4-1)15-19-16-18-13-9-5-2-6-10-14-18/h17-18H,1-16H2. The first kappa shape index (κ1) is 15.4. The summed E-state index contributed by atoms with van der Waals surface area (Å²) in [5.74, 6) is 1.74. The molecule has 2 aliphatic carbocycles. The van der Waals surface area contributed by atoms with Crippen LogP contribution in [0.3, 0.4) is 0 Å². The Hall–Kier alpha value is -0.0400. The lowest BCUT2D eigenvalue weighted by molar-refractivity contribution is 0.0565. The molecule has 0 aromatic carbocycles. The molecule has 0 heterocycles. The molecule has 2 aliphatic rings. The summed E-state index contributed by atoms with van der Waals surface area (Å²) in [6, 6.07) is 0. The lowest BCUT2D eigenvalue weighted by Crippen LogP contribution is -2.17. The van der Waals surface area contributed by atoms with Gasteiger partial charge in [0.25, 0.3) is 0 Å². The van der Waals surface area contributed by atoms with Crippen LogP contribution in [0.5, 0.6) is 0 Å². The van der Waals surface area contributed by atoms with Crippen molar-refractivity contribution in [3.8, 4) is 0 Å². The normalized spacial score (nSPS) is 25.3. The summed E-state index contributed by atoms with van der Waals surface area (Å²) in [4.78, 5) is 0. The number of rotatable bonds is 4. The molecule has 1 nitrogen and oxygen atoms in total. The molecule has 2 rings (SSSR count). The maximum Gasteiger partial charge on any atom is 0.0494 e. The maximum atomic E-state index is 6.11. The molecule has 2 saturated carbocycles. The second-order valence-corrected chi connectivity index (χ2v) is 6.96. The Morgan fingerprint density at radius 1 is 0.474 bits per heavy atom. The second kappa shape index (κ2) is 9.80. The smallest absolute Gasteiger partial charge is 0.0494 e. The van der Waals surface area contributed by atoms with Crippen molar-refractivity contribution in [2.75, 3.05) is 13.2 Å². The fourth-order valence-corrected chi connectivity index (χ4v) is 3.82. The molecule has 0 atom stereocenters. The van der Waals surface area contributed by atoms with E-state index in [-0.39, 0.29) is 0 Å². The summed E-state index contributed by atoms with van der Waals surface area (Å²) in [7, 11) is 0.